The van der Waals surface area contributed by atoms with Gasteiger partial charge in [-0.3, -0.25) is 4.79 Å². The topological polar surface area (TPSA) is 98.0 Å². The molecular formula is C14H20O5. The summed E-state index contributed by atoms with van der Waals surface area (Å²) < 4.78 is 0. The Balaban J connectivity index is 2.24. The van der Waals surface area contributed by atoms with E-state index in [0.717, 1.165) is 5.57 Å². The van der Waals surface area contributed by atoms with Crippen LogP contribution in [0, 0.1) is 11.3 Å². The van der Waals surface area contributed by atoms with Crippen LogP contribution in [0.5, 0.6) is 0 Å². The van der Waals surface area contributed by atoms with Crippen LogP contribution in [0.25, 0.3) is 0 Å². The van der Waals surface area contributed by atoms with E-state index in [1.165, 1.54) is 6.92 Å². The quantitative estimate of drug-likeness (QED) is 0.476. The number of aliphatic hydroxyl groups excluding tert-OH is 2. The maximum atomic E-state index is 12.3. The van der Waals surface area contributed by atoms with Gasteiger partial charge in [-0.25, -0.2) is 0 Å². The van der Waals surface area contributed by atoms with Crippen molar-refractivity contribution in [2.24, 2.45) is 11.3 Å². The first-order valence-electron chi connectivity index (χ1n) is 6.66. The van der Waals surface area contributed by atoms with Gasteiger partial charge in [-0.15, -0.1) is 0 Å². The molecule has 1 spiro atoms. The molecule has 0 aliphatic heterocycles. The van der Waals surface area contributed by atoms with E-state index in [1.54, 1.807) is 13.8 Å². The summed E-state index contributed by atoms with van der Waals surface area (Å²) in [5.41, 5.74) is -2.82. The van der Waals surface area contributed by atoms with Crippen LogP contribution in [-0.2, 0) is 4.79 Å². The van der Waals surface area contributed by atoms with Gasteiger partial charge in [0, 0.05) is 16.9 Å². The van der Waals surface area contributed by atoms with E-state index in [4.69, 9.17) is 0 Å². The number of fused-ring (bicyclic) bond motifs is 1. The molecule has 0 amide bonds. The summed E-state index contributed by atoms with van der Waals surface area (Å²) in [6, 6.07) is 0. The number of carbonyl (C=O) groups excluding carboxylic acids is 1. The molecular weight excluding hydrogens is 248 g/mol. The summed E-state index contributed by atoms with van der Waals surface area (Å²) in [6.45, 7) is 4.58. The molecule has 3 aliphatic rings. The summed E-state index contributed by atoms with van der Waals surface area (Å²) in [4.78, 5) is 12.3. The molecule has 5 unspecified atom stereocenters. The molecule has 0 aromatic rings. The zero-order valence-corrected chi connectivity index (χ0v) is 11.3. The van der Waals surface area contributed by atoms with Gasteiger partial charge in [-0.05, 0) is 33.6 Å². The Morgan fingerprint density at radius 1 is 1.11 bits per heavy atom. The lowest BCUT2D eigenvalue weighted by molar-refractivity contribution is -0.156. The molecule has 5 atom stereocenters. The van der Waals surface area contributed by atoms with Gasteiger partial charge in [0.25, 0.3) is 0 Å². The molecule has 5 heteroatoms. The monoisotopic (exact) mass is 268 g/mol. The van der Waals surface area contributed by atoms with E-state index in [-0.39, 0.29) is 0 Å². The smallest absolute Gasteiger partial charge is 0.193 e. The van der Waals surface area contributed by atoms with Gasteiger partial charge in [-0.1, -0.05) is 5.57 Å². The molecule has 0 bridgehead atoms. The van der Waals surface area contributed by atoms with E-state index < -0.39 is 40.5 Å². The van der Waals surface area contributed by atoms with Crippen LogP contribution in [-0.4, -0.2) is 49.6 Å². The van der Waals surface area contributed by atoms with Crippen molar-refractivity contribution in [2.75, 3.05) is 0 Å². The fourth-order valence-electron chi connectivity index (χ4n) is 4.09. The van der Waals surface area contributed by atoms with Gasteiger partial charge in [0.15, 0.2) is 11.4 Å². The highest BCUT2D eigenvalue weighted by Gasteiger charge is 2.70. The highest BCUT2D eigenvalue weighted by molar-refractivity contribution is 6.06. The molecule has 0 aromatic heterocycles. The molecule has 0 saturated heterocycles. The van der Waals surface area contributed by atoms with Crippen molar-refractivity contribution in [3.8, 4) is 0 Å². The number of rotatable bonds is 0. The van der Waals surface area contributed by atoms with Gasteiger partial charge in [0.05, 0.1) is 17.8 Å². The van der Waals surface area contributed by atoms with Gasteiger partial charge < -0.3 is 20.4 Å². The molecule has 4 N–H and O–H groups in total. The van der Waals surface area contributed by atoms with Crippen LogP contribution in [0.3, 0.4) is 0 Å². The van der Waals surface area contributed by atoms with Crippen molar-refractivity contribution >= 4 is 5.78 Å². The third-order valence-corrected chi connectivity index (χ3v) is 5.71. The molecule has 106 valence electrons. The van der Waals surface area contributed by atoms with Crippen LogP contribution in [0.4, 0.5) is 0 Å². The minimum absolute atomic E-state index is 0.314. The van der Waals surface area contributed by atoms with Gasteiger partial charge in [-0.2, -0.15) is 0 Å². The highest BCUT2D eigenvalue weighted by Crippen LogP contribution is 2.66. The zero-order valence-electron chi connectivity index (χ0n) is 11.3. The average molecular weight is 268 g/mol. The average Bonchev–Trinajstić information content (AvgIpc) is 3.09. The van der Waals surface area contributed by atoms with Gasteiger partial charge in [0.2, 0.25) is 0 Å². The maximum Gasteiger partial charge on any atom is 0.193 e. The summed E-state index contributed by atoms with van der Waals surface area (Å²) in [6.07, 6.45) is -1.21. The normalized spacial score (nSPS) is 51.7. The lowest BCUT2D eigenvalue weighted by Crippen LogP contribution is -2.57. The number of ketones is 1. The standard InChI is InChI=1S/C14H20O5/c1-6-7-8(10(16)12(2,18)9(7)15)11(17)13(3,19)14(6)4-5-14/h8,10-11,16-19H,4-5H2,1-3H3. The number of carbonyl (C=O) groups is 1. The molecule has 0 radical (unpaired) electrons. The molecule has 0 aromatic carbocycles. The van der Waals surface area contributed by atoms with Crippen molar-refractivity contribution in [3.05, 3.63) is 11.1 Å². The highest BCUT2D eigenvalue weighted by atomic mass is 16.4. The Morgan fingerprint density at radius 2 is 1.63 bits per heavy atom. The van der Waals surface area contributed by atoms with Crippen molar-refractivity contribution in [2.45, 2.75) is 57.0 Å². The van der Waals surface area contributed by atoms with Crippen LogP contribution >= 0.6 is 0 Å². The lowest BCUT2D eigenvalue weighted by atomic mass is 9.64. The predicted molar refractivity (Wildman–Crippen MR) is 66.1 cm³/mol. The lowest BCUT2D eigenvalue weighted by Gasteiger charge is -2.46. The number of hydrogen-bond donors (Lipinski definition) is 4. The molecule has 3 rings (SSSR count). The van der Waals surface area contributed by atoms with Gasteiger partial charge >= 0.3 is 0 Å². The van der Waals surface area contributed by atoms with Crippen LogP contribution in [0.1, 0.15) is 33.6 Å². The first-order valence-corrected chi connectivity index (χ1v) is 6.66. The third-order valence-electron chi connectivity index (χ3n) is 5.71. The van der Waals surface area contributed by atoms with Crippen molar-refractivity contribution in [1.82, 2.24) is 0 Å². The molecule has 5 nitrogen and oxygen atoms in total. The summed E-state index contributed by atoms with van der Waals surface area (Å²) in [5, 5.41) is 41.3. The SMILES string of the molecule is CC1=C2C(=O)C(C)(O)C(O)C2C(O)C(C)(O)C12CC2. The summed E-state index contributed by atoms with van der Waals surface area (Å²) in [7, 11) is 0. The maximum absolute atomic E-state index is 12.3. The fourth-order valence-corrected chi connectivity index (χ4v) is 4.09. The molecule has 0 heterocycles. The van der Waals surface area contributed by atoms with Gasteiger partial charge in [0.1, 0.15) is 0 Å². The van der Waals surface area contributed by atoms with Crippen LogP contribution < -0.4 is 0 Å². The largest absolute Gasteiger partial charge is 0.389 e. The van der Waals surface area contributed by atoms with E-state index in [1.807, 2.05) is 0 Å². The van der Waals surface area contributed by atoms with Crippen LogP contribution in [0.15, 0.2) is 11.1 Å². The van der Waals surface area contributed by atoms with E-state index in [0.29, 0.717) is 18.4 Å². The van der Waals surface area contributed by atoms with Crippen LogP contribution in [0.2, 0.25) is 0 Å². The molecule has 3 aliphatic carbocycles. The first kappa shape index (κ1) is 13.2. The molecule has 19 heavy (non-hydrogen) atoms. The minimum atomic E-state index is -1.89. The fraction of sp³-hybridized carbons (Fsp3) is 0.786. The summed E-state index contributed by atoms with van der Waals surface area (Å²) in [5.74, 6) is -1.44. The Hall–Kier alpha value is -0.750. The van der Waals surface area contributed by atoms with Crippen molar-refractivity contribution < 1.29 is 25.2 Å². The first-order chi connectivity index (χ1) is 8.59. The van der Waals surface area contributed by atoms with E-state index in [9.17, 15) is 25.2 Å². The Kier molecular flexibility index (Phi) is 2.29. The third kappa shape index (κ3) is 1.22. The van der Waals surface area contributed by atoms with Crippen molar-refractivity contribution in [1.29, 1.82) is 0 Å². The Labute approximate surface area is 111 Å². The second-order valence-corrected chi connectivity index (χ2v) is 6.66. The zero-order chi connectivity index (χ0) is 14.4. The Morgan fingerprint density at radius 3 is 2.11 bits per heavy atom. The second-order valence-electron chi connectivity index (χ2n) is 6.66. The second kappa shape index (κ2) is 3.28. The summed E-state index contributed by atoms with van der Waals surface area (Å²) >= 11 is 0. The minimum Gasteiger partial charge on any atom is -0.389 e. The Bertz CT molecular complexity index is 498. The number of Topliss-reactive ketones (excluding diaryl/α,β-unsaturated/α-hetero) is 1. The number of hydrogen-bond acceptors (Lipinski definition) is 5. The molecule has 2 saturated carbocycles. The predicted octanol–water partition coefficient (Wildman–Crippen LogP) is -0.481. The van der Waals surface area contributed by atoms with Crippen molar-refractivity contribution in [3.63, 3.8) is 0 Å². The molecule has 2 fully saturated rings. The number of aliphatic hydroxyl groups is 4. The van der Waals surface area contributed by atoms with E-state index in [2.05, 4.69) is 0 Å². The van der Waals surface area contributed by atoms with E-state index >= 15 is 0 Å².